The number of nitrogens with one attached hydrogen (secondary N) is 1. The van der Waals surface area contributed by atoms with Crippen molar-refractivity contribution in [3.05, 3.63) is 35.9 Å². The molecule has 1 aromatic rings. The largest absolute Gasteiger partial charge is 0.346 e. The fraction of sp³-hybridized carbons (Fsp3) is 0.533. The zero-order valence-electron chi connectivity index (χ0n) is 11.7. The van der Waals surface area contributed by atoms with Crippen molar-refractivity contribution in [1.29, 1.82) is 0 Å². The van der Waals surface area contributed by atoms with Gasteiger partial charge in [0.2, 0.25) is 5.91 Å². The summed E-state index contributed by atoms with van der Waals surface area (Å²) >= 11 is 0. The van der Waals surface area contributed by atoms with Crippen molar-refractivity contribution >= 4 is 5.91 Å². The molecular weight excluding hydrogens is 240 g/mol. The summed E-state index contributed by atoms with van der Waals surface area (Å²) in [6, 6.07) is 10.0. The Bertz CT molecular complexity index is 421. The molecule has 1 aromatic carbocycles. The average Bonchev–Trinajstić information content (AvgIpc) is 2.51. The van der Waals surface area contributed by atoms with Crippen LogP contribution in [0, 0.1) is 0 Å². The van der Waals surface area contributed by atoms with Gasteiger partial charge in [-0.25, -0.2) is 0 Å². The van der Waals surface area contributed by atoms with E-state index in [1.54, 1.807) is 4.90 Å². The summed E-state index contributed by atoms with van der Waals surface area (Å²) in [6.45, 7) is 3.39. The van der Waals surface area contributed by atoms with E-state index in [-0.39, 0.29) is 11.4 Å². The highest BCUT2D eigenvalue weighted by molar-refractivity contribution is 5.77. The maximum absolute atomic E-state index is 11.9. The third-order valence-corrected chi connectivity index (χ3v) is 3.59. The summed E-state index contributed by atoms with van der Waals surface area (Å²) < 4.78 is 0. The van der Waals surface area contributed by atoms with E-state index in [0.29, 0.717) is 13.0 Å². The van der Waals surface area contributed by atoms with E-state index in [9.17, 15) is 4.79 Å². The van der Waals surface area contributed by atoms with Gasteiger partial charge >= 0.3 is 0 Å². The predicted molar refractivity (Wildman–Crippen MR) is 74.3 cm³/mol. The molecule has 0 bridgehead atoms. The molecule has 0 saturated carbocycles. The first-order valence-electron chi connectivity index (χ1n) is 6.76. The highest BCUT2D eigenvalue weighted by Gasteiger charge is 2.31. The Morgan fingerprint density at radius 2 is 2.11 bits per heavy atom. The molecular formula is C15H22N2O2. The number of nitrogens with zero attached hydrogens (tertiary/aromatic N) is 1. The van der Waals surface area contributed by atoms with Crippen molar-refractivity contribution in [2.75, 3.05) is 13.6 Å². The maximum atomic E-state index is 11.9. The van der Waals surface area contributed by atoms with E-state index in [2.05, 4.69) is 12.4 Å². The first-order chi connectivity index (χ1) is 9.09. The number of rotatable bonds is 4. The number of hydrogen-bond acceptors (Lipinski definition) is 3. The molecule has 1 aliphatic heterocycles. The van der Waals surface area contributed by atoms with Crippen LogP contribution in [0.3, 0.4) is 0 Å². The lowest BCUT2D eigenvalue weighted by molar-refractivity contribution is -0.132. The minimum Gasteiger partial charge on any atom is -0.346 e. The van der Waals surface area contributed by atoms with Gasteiger partial charge in [0.15, 0.2) is 0 Å². The van der Waals surface area contributed by atoms with Crippen LogP contribution in [-0.2, 0) is 16.2 Å². The van der Waals surface area contributed by atoms with Gasteiger partial charge in [0.25, 0.3) is 0 Å². The monoisotopic (exact) mass is 262 g/mol. The first kappa shape index (κ1) is 14.0. The fourth-order valence-corrected chi connectivity index (χ4v) is 2.34. The van der Waals surface area contributed by atoms with Crippen LogP contribution in [0.5, 0.6) is 0 Å². The van der Waals surface area contributed by atoms with Crippen molar-refractivity contribution < 1.29 is 9.63 Å². The quantitative estimate of drug-likeness (QED) is 0.845. The fourth-order valence-electron chi connectivity index (χ4n) is 2.34. The van der Waals surface area contributed by atoms with Gasteiger partial charge in [-0.05, 0) is 25.3 Å². The molecule has 1 amide bonds. The van der Waals surface area contributed by atoms with Crippen LogP contribution in [-0.4, -0.2) is 29.9 Å². The van der Waals surface area contributed by atoms with E-state index in [1.807, 2.05) is 37.4 Å². The maximum Gasteiger partial charge on any atom is 0.224 e. The molecule has 1 saturated heterocycles. The van der Waals surface area contributed by atoms with Gasteiger partial charge in [-0.1, -0.05) is 30.3 Å². The summed E-state index contributed by atoms with van der Waals surface area (Å²) in [5, 5.41) is 0. The van der Waals surface area contributed by atoms with Crippen molar-refractivity contribution in [1.82, 2.24) is 10.4 Å². The number of carbonyl (C=O) groups excluding carboxylic acids is 1. The van der Waals surface area contributed by atoms with Gasteiger partial charge in [-0.3, -0.25) is 9.63 Å². The van der Waals surface area contributed by atoms with Crippen LogP contribution in [0.15, 0.2) is 30.3 Å². The zero-order valence-corrected chi connectivity index (χ0v) is 11.7. The van der Waals surface area contributed by atoms with Crippen LogP contribution in [0.25, 0.3) is 0 Å². The van der Waals surface area contributed by atoms with Gasteiger partial charge in [0.1, 0.15) is 0 Å². The van der Waals surface area contributed by atoms with E-state index in [0.717, 1.165) is 24.9 Å². The standard InChI is InChI=1S/C15H22N2O2/c1-15(9-6-10-17(2)14(18)11-15)16-19-12-13-7-4-3-5-8-13/h3-5,7-8,16H,6,9-12H2,1-2H3/t15-/m0/s1. The molecule has 104 valence electrons. The second-order valence-electron chi connectivity index (χ2n) is 5.53. The van der Waals surface area contributed by atoms with E-state index in [1.165, 1.54) is 0 Å². The van der Waals surface area contributed by atoms with Crippen LogP contribution in [0.1, 0.15) is 31.7 Å². The molecule has 0 spiro atoms. The molecule has 19 heavy (non-hydrogen) atoms. The molecule has 1 fully saturated rings. The van der Waals surface area contributed by atoms with E-state index >= 15 is 0 Å². The highest BCUT2D eigenvalue weighted by atomic mass is 16.6. The SMILES string of the molecule is CN1CCC[C@](C)(NOCc2ccccc2)CC1=O. The highest BCUT2D eigenvalue weighted by Crippen LogP contribution is 2.22. The Morgan fingerprint density at radius 1 is 1.37 bits per heavy atom. The third kappa shape index (κ3) is 4.04. The smallest absolute Gasteiger partial charge is 0.224 e. The van der Waals surface area contributed by atoms with Gasteiger partial charge in [0, 0.05) is 25.6 Å². The molecule has 0 unspecified atom stereocenters. The Balaban J connectivity index is 1.85. The predicted octanol–water partition coefficient (Wildman–Crippen LogP) is 2.11. The number of carbonyl (C=O) groups is 1. The van der Waals surface area contributed by atoms with Crippen LogP contribution in [0.2, 0.25) is 0 Å². The number of benzene rings is 1. The number of hydrogen-bond donors (Lipinski definition) is 1. The molecule has 1 aliphatic rings. The molecule has 4 heteroatoms. The van der Waals surface area contributed by atoms with Crippen LogP contribution < -0.4 is 5.48 Å². The summed E-state index contributed by atoms with van der Waals surface area (Å²) in [7, 11) is 1.86. The Hall–Kier alpha value is -1.39. The molecule has 0 radical (unpaired) electrons. The van der Waals surface area contributed by atoms with Crippen LogP contribution in [0.4, 0.5) is 0 Å². The van der Waals surface area contributed by atoms with Gasteiger partial charge in [0.05, 0.1) is 6.61 Å². The summed E-state index contributed by atoms with van der Waals surface area (Å²) in [6.07, 6.45) is 2.43. The van der Waals surface area contributed by atoms with E-state index < -0.39 is 0 Å². The molecule has 2 rings (SSSR count). The topological polar surface area (TPSA) is 41.6 Å². The average molecular weight is 262 g/mol. The Kier molecular flexibility index (Phi) is 4.56. The number of amides is 1. The Labute approximate surface area is 114 Å². The molecule has 1 atom stereocenters. The second-order valence-corrected chi connectivity index (χ2v) is 5.53. The summed E-state index contributed by atoms with van der Waals surface area (Å²) in [4.78, 5) is 19.3. The lowest BCUT2D eigenvalue weighted by atomic mass is 9.94. The molecule has 4 nitrogen and oxygen atoms in total. The molecule has 1 N–H and O–H groups in total. The van der Waals surface area contributed by atoms with Crippen molar-refractivity contribution in [2.24, 2.45) is 0 Å². The Morgan fingerprint density at radius 3 is 2.84 bits per heavy atom. The van der Waals surface area contributed by atoms with Crippen molar-refractivity contribution in [3.8, 4) is 0 Å². The van der Waals surface area contributed by atoms with Crippen LogP contribution >= 0.6 is 0 Å². The normalized spacial score (nSPS) is 24.3. The van der Waals surface area contributed by atoms with Crippen molar-refractivity contribution in [3.63, 3.8) is 0 Å². The van der Waals surface area contributed by atoms with Crippen molar-refractivity contribution in [2.45, 2.75) is 38.3 Å². The lowest BCUT2D eigenvalue weighted by Gasteiger charge is -2.28. The molecule has 1 heterocycles. The lowest BCUT2D eigenvalue weighted by Crippen LogP contribution is -2.44. The minimum absolute atomic E-state index is 0.177. The first-order valence-corrected chi connectivity index (χ1v) is 6.76. The summed E-state index contributed by atoms with van der Waals surface area (Å²) in [5.41, 5.74) is 3.94. The van der Waals surface area contributed by atoms with Gasteiger partial charge in [-0.2, -0.15) is 5.48 Å². The second kappa shape index (κ2) is 6.17. The number of hydroxylamine groups is 1. The summed E-state index contributed by atoms with van der Waals surface area (Å²) in [5.74, 6) is 0.177. The number of likely N-dealkylation sites (tertiary alicyclic amines) is 1. The minimum atomic E-state index is -0.267. The molecule has 0 aliphatic carbocycles. The molecule has 0 aromatic heterocycles. The zero-order chi connectivity index (χ0) is 13.7. The van der Waals surface area contributed by atoms with Gasteiger partial charge < -0.3 is 4.90 Å². The van der Waals surface area contributed by atoms with Gasteiger partial charge in [-0.15, -0.1) is 0 Å². The third-order valence-electron chi connectivity index (χ3n) is 3.59. The van der Waals surface area contributed by atoms with E-state index in [4.69, 9.17) is 4.84 Å².